The van der Waals surface area contributed by atoms with E-state index < -0.39 is 0 Å². The number of rotatable bonds is 6. The average Bonchev–Trinajstić information content (AvgIpc) is 3.27. The standard InChI is InChI=1S/C17H23N5OS.HI/c1-23-15-6-4-13(5-7-15)20-16(18)19-9-8-14-12-24-17(21-14)22-10-2-3-11-22;/h4-7,12H,2-3,8-11H2,1H3,(H3,18,19,20);1H. The molecule has 0 amide bonds. The number of benzene rings is 1. The highest BCUT2D eigenvalue weighted by Gasteiger charge is 2.15. The van der Waals surface area contributed by atoms with Gasteiger partial charge in [0, 0.05) is 37.1 Å². The molecule has 0 unspecified atom stereocenters. The van der Waals surface area contributed by atoms with Gasteiger partial charge in [0.15, 0.2) is 11.1 Å². The summed E-state index contributed by atoms with van der Waals surface area (Å²) < 4.78 is 5.13. The number of hydrogen-bond acceptors (Lipinski definition) is 5. The van der Waals surface area contributed by atoms with E-state index in [1.165, 1.54) is 12.8 Å². The van der Waals surface area contributed by atoms with Crippen LogP contribution in [0.2, 0.25) is 0 Å². The molecule has 136 valence electrons. The van der Waals surface area contributed by atoms with Gasteiger partial charge in [0.25, 0.3) is 0 Å². The highest BCUT2D eigenvalue weighted by molar-refractivity contribution is 14.0. The number of aliphatic imine (C=N–C) groups is 1. The largest absolute Gasteiger partial charge is 0.497 e. The van der Waals surface area contributed by atoms with Crippen LogP contribution in [0.15, 0.2) is 34.6 Å². The lowest BCUT2D eigenvalue weighted by atomic mass is 10.3. The molecule has 0 saturated carbocycles. The molecule has 6 nitrogen and oxygen atoms in total. The second-order valence-electron chi connectivity index (χ2n) is 5.69. The molecule has 1 aliphatic rings. The fourth-order valence-corrected chi connectivity index (χ4v) is 3.53. The van der Waals surface area contributed by atoms with Crippen LogP contribution in [0.25, 0.3) is 0 Å². The second kappa shape index (κ2) is 9.81. The van der Waals surface area contributed by atoms with E-state index in [0.29, 0.717) is 12.5 Å². The van der Waals surface area contributed by atoms with Gasteiger partial charge in [-0.05, 0) is 37.1 Å². The molecule has 0 atom stereocenters. The number of methoxy groups -OCH3 is 1. The summed E-state index contributed by atoms with van der Waals surface area (Å²) in [5.74, 6) is 1.23. The Hall–Kier alpha value is -1.55. The van der Waals surface area contributed by atoms with Gasteiger partial charge in [-0.15, -0.1) is 35.3 Å². The number of nitrogens with one attached hydrogen (secondary N) is 1. The summed E-state index contributed by atoms with van der Waals surface area (Å²) in [7, 11) is 1.64. The fraction of sp³-hybridized carbons (Fsp3) is 0.412. The van der Waals surface area contributed by atoms with Crippen LogP contribution in [0.3, 0.4) is 0 Å². The molecule has 25 heavy (non-hydrogen) atoms. The van der Waals surface area contributed by atoms with Crippen LogP contribution in [0.5, 0.6) is 5.75 Å². The van der Waals surface area contributed by atoms with E-state index in [0.717, 1.165) is 41.8 Å². The van der Waals surface area contributed by atoms with Gasteiger partial charge < -0.3 is 20.7 Å². The molecule has 1 aromatic carbocycles. The molecule has 3 N–H and O–H groups in total. The van der Waals surface area contributed by atoms with Crippen molar-refractivity contribution < 1.29 is 4.74 Å². The van der Waals surface area contributed by atoms with E-state index in [-0.39, 0.29) is 24.0 Å². The molecule has 1 saturated heterocycles. The summed E-state index contributed by atoms with van der Waals surface area (Å²) in [6.07, 6.45) is 3.34. The first-order valence-corrected chi connectivity index (χ1v) is 9.03. The highest BCUT2D eigenvalue weighted by atomic mass is 127. The maximum absolute atomic E-state index is 5.93. The lowest BCUT2D eigenvalue weighted by molar-refractivity contribution is 0.415. The second-order valence-corrected chi connectivity index (χ2v) is 6.52. The summed E-state index contributed by atoms with van der Waals surface area (Å²) in [5, 5.41) is 6.33. The Bertz CT molecular complexity index is 683. The molecular weight excluding hydrogens is 449 g/mol. The summed E-state index contributed by atoms with van der Waals surface area (Å²) in [4.78, 5) is 11.4. The van der Waals surface area contributed by atoms with Crippen molar-refractivity contribution in [1.82, 2.24) is 4.98 Å². The predicted molar refractivity (Wildman–Crippen MR) is 116 cm³/mol. The van der Waals surface area contributed by atoms with Crippen molar-refractivity contribution in [3.8, 4) is 5.75 Å². The number of hydrogen-bond donors (Lipinski definition) is 2. The Morgan fingerprint density at radius 1 is 1.32 bits per heavy atom. The minimum absolute atomic E-state index is 0. The molecule has 8 heteroatoms. The Morgan fingerprint density at radius 2 is 2.04 bits per heavy atom. The molecule has 0 radical (unpaired) electrons. The van der Waals surface area contributed by atoms with Crippen LogP contribution < -0.4 is 20.7 Å². The van der Waals surface area contributed by atoms with Crippen molar-refractivity contribution >= 4 is 52.1 Å². The van der Waals surface area contributed by atoms with Crippen molar-refractivity contribution in [2.45, 2.75) is 19.3 Å². The minimum Gasteiger partial charge on any atom is -0.497 e. The number of halogens is 1. The Morgan fingerprint density at radius 3 is 2.72 bits per heavy atom. The smallest absolute Gasteiger partial charge is 0.193 e. The number of nitrogens with zero attached hydrogens (tertiary/aromatic N) is 3. The maximum Gasteiger partial charge on any atom is 0.193 e. The SMILES string of the molecule is COc1ccc(NC(N)=NCCc2csc(N3CCCC3)n2)cc1.I. The van der Waals surface area contributed by atoms with E-state index >= 15 is 0 Å². The molecule has 0 spiro atoms. The fourth-order valence-electron chi connectivity index (χ4n) is 2.62. The van der Waals surface area contributed by atoms with E-state index in [9.17, 15) is 0 Å². The van der Waals surface area contributed by atoms with Crippen LogP contribution in [-0.4, -0.2) is 37.7 Å². The van der Waals surface area contributed by atoms with Gasteiger partial charge in [-0.2, -0.15) is 0 Å². The molecule has 2 heterocycles. The molecule has 0 aliphatic carbocycles. The van der Waals surface area contributed by atoms with Crippen LogP contribution in [0.1, 0.15) is 18.5 Å². The zero-order valence-corrected chi connectivity index (χ0v) is 17.4. The Balaban J connectivity index is 0.00000225. The van der Waals surface area contributed by atoms with Crippen molar-refractivity contribution in [3.05, 3.63) is 35.3 Å². The van der Waals surface area contributed by atoms with Crippen LogP contribution >= 0.6 is 35.3 Å². The van der Waals surface area contributed by atoms with Crippen LogP contribution in [-0.2, 0) is 6.42 Å². The first kappa shape index (κ1) is 19.8. The van der Waals surface area contributed by atoms with Gasteiger partial charge in [-0.25, -0.2) is 4.98 Å². The van der Waals surface area contributed by atoms with E-state index in [4.69, 9.17) is 15.5 Å². The first-order chi connectivity index (χ1) is 11.7. The quantitative estimate of drug-likeness (QED) is 0.383. The zero-order valence-electron chi connectivity index (χ0n) is 14.3. The van der Waals surface area contributed by atoms with Crippen LogP contribution in [0.4, 0.5) is 10.8 Å². The molecule has 0 bridgehead atoms. The number of nitrogens with two attached hydrogens (primary N) is 1. The van der Waals surface area contributed by atoms with Crippen molar-refractivity contribution in [2.75, 3.05) is 37.0 Å². The normalized spacial score (nSPS) is 14.3. The average molecular weight is 473 g/mol. The number of thiazole rings is 1. The van der Waals surface area contributed by atoms with Crippen molar-refractivity contribution in [1.29, 1.82) is 0 Å². The van der Waals surface area contributed by atoms with Gasteiger partial charge in [0.1, 0.15) is 5.75 Å². The number of anilines is 2. The van der Waals surface area contributed by atoms with Crippen molar-refractivity contribution in [3.63, 3.8) is 0 Å². The lowest BCUT2D eigenvalue weighted by Crippen LogP contribution is -2.23. The molecule has 3 rings (SSSR count). The van der Waals surface area contributed by atoms with Crippen LogP contribution in [0, 0.1) is 0 Å². The molecule has 1 aliphatic heterocycles. The molecular formula is C17H24IN5OS. The van der Waals surface area contributed by atoms with Gasteiger partial charge in [-0.3, -0.25) is 4.99 Å². The van der Waals surface area contributed by atoms with Gasteiger partial charge in [0.05, 0.1) is 12.8 Å². The predicted octanol–water partition coefficient (Wildman–Crippen LogP) is 3.34. The van der Waals surface area contributed by atoms with Gasteiger partial charge in [0.2, 0.25) is 0 Å². The third-order valence-corrected chi connectivity index (χ3v) is 4.88. The summed E-state index contributed by atoms with van der Waals surface area (Å²) >= 11 is 1.72. The lowest BCUT2D eigenvalue weighted by Gasteiger charge is -2.12. The number of aromatic nitrogens is 1. The molecule has 1 aromatic heterocycles. The van der Waals surface area contributed by atoms with Crippen molar-refractivity contribution in [2.24, 2.45) is 10.7 Å². The Kier molecular flexibility index (Phi) is 7.76. The topological polar surface area (TPSA) is 75.8 Å². The molecule has 2 aromatic rings. The summed E-state index contributed by atoms with van der Waals surface area (Å²) in [6, 6.07) is 7.57. The first-order valence-electron chi connectivity index (χ1n) is 8.15. The summed E-state index contributed by atoms with van der Waals surface area (Å²) in [6.45, 7) is 2.88. The highest BCUT2D eigenvalue weighted by Crippen LogP contribution is 2.24. The zero-order chi connectivity index (χ0) is 16.8. The number of guanidine groups is 1. The van der Waals surface area contributed by atoms with Gasteiger partial charge in [-0.1, -0.05) is 0 Å². The third kappa shape index (κ3) is 5.74. The van der Waals surface area contributed by atoms with E-state index in [1.807, 2.05) is 24.3 Å². The monoisotopic (exact) mass is 473 g/mol. The third-order valence-electron chi connectivity index (χ3n) is 3.93. The summed E-state index contributed by atoms with van der Waals surface area (Å²) in [5.41, 5.74) is 7.90. The maximum atomic E-state index is 5.93. The Labute approximate surface area is 169 Å². The number of ether oxygens (including phenoxy) is 1. The molecule has 1 fully saturated rings. The minimum atomic E-state index is 0. The van der Waals surface area contributed by atoms with E-state index in [2.05, 4.69) is 20.6 Å². The van der Waals surface area contributed by atoms with Gasteiger partial charge >= 0.3 is 0 Å². The van der Waals surface area contributed by atoms with E-state index in [1.54, 1.807) is 18.4 Å².